The number of allylic oxidation sites excluding steroid dienone is 1. The zero-order valence-electron chi connectivity index (χ0n) is 6.01. The van der Waals surface area contributed by atoms with Gasteiger partial charge in [-0.3, -0.25) is 0 Å². The van der Waals surface area contributed by atoms with E-state index in [1.165, 1.54) is 0 Å². The minimum atomic E-state index is -1.91. The summed E-state index contributed by atoms with van der Waals surface area (Å²) in [5.41, 5.74) is 3.34. The van der Waals surface area contributed by atoms with E-state index in [0.29, 0.717) is 6.08 Å². The summed E-state index contributed by atoms with van der Waals surface area (Å²) in [5.74, 6) is -1.55. The second-order valence-corrected chi connectivity index (χ2v) is 2.72. The molecule has 3 N–H and O–H groups in total. The fourth-order valence-corrected chi connectivity index (χ4v) is 0.831. The highest BCUT2D eigenvalue weighted by atomic mass is 19.1. The van der Waals surface area contributed by atoms with Gasteiger partial charge < -0.3 is 10.8 Å². The van der Waals surface area contributed by atoms with E-state index in [1.54, 1.807) is 0 Å². The molecule has 0 heterocycles. The number of halogens is 2. The Morgan fingerprint density at radius 1 is 1.73 bits per heavy atom. The van der Waals surface area contributed by atoms with Crippen LogP contribution in [-0.4, -0.2) is 16.8 Å². The lowest BCUT2D eigenvalue weighted by atomic mass is 9.93. The highest BCUT2D eigenvalue weighted by Gasteiger charge is 2.33. The molecule has 1 rings (SSSR count). The normalized spacial score (nSPS) is 38.0. The van der Waals surface area contributed by atoms with E-state index in [1.807, 2.05) is 0 Å². The molecule has 0 aromatic carbocycles. The second-order valence-electron chi connectivity index (χ2n) is 2.72. The van der Waals surface area contributed by atoms with Gasteiger partial charge in [0.25, 0.3) is 0 Å². The lowest BCUT2D eigenvalue weighted by molar-refractivity contribution is 0.216. The first-order chi connectivity index (χ1) is 4.93. The summed E-state index contributed by atoms with van der Waals surface area (Å²) >= 11 is 0. The van der Waals surface area contributed by atoms with Crippen molar-refractivity contribution in [2.75, 3.05) is 0 Å². The molecule has 0 aromatic heterocycles. The summed E-state index contributed by atoms with van der Waals surface area (Å²) in [6.45, 7) is 1.15. The predicted octanol–water partition coefficient (Wildman–Crippen LogP) is 1.35. The molecule has 2 nitrogen and oxygen atoms in total. The first kappa shape index (κ1) is 8.20. The molecule has 0 bridgehead atoms. The number of hydrogen-bond acceptors (Lipinski definition) is 2. The highest BCUT2D eigenvalue weighted by Crippen LogP contribution is 2.27. The largest absolute Gasteiger partial charge is 0.505 e. The lowest BCUT2D eigenvalue weighted by Crippen LogP contribution is -2.41. The van der Waals surface area contributed by atoms with E-state index in [0.717, 1.165) is 13.0 Å². The number of hydrogen-bond donors (Lipinski definition) is 2. The van der Waals surface area contributed by atoms with Crippen molar-refractivity contribution in [1.29, 1.82) is 0 Å². The van der Waals surface area contributed by atoms with Crippen molar-refractivity contribution in [2.45, 2.75) is 18.6 Å². The molecule has 0 saturated heterocycles. The van der Waals surface area contributed by atoms with Crippen LogP contribution in [0.25, 0.3) is 0 Å². The predicted molar refractivity (Wildman–Crippen MR) is 37.4 cm³/mol. The van der Waals surface area contributed by atoms with Crippen molar-refractivity contribution in [3.8, 4) is 0 Å². The van der Waals surface area contributed by atoms with Gasteiger partial charge in [-0.25, -0.2) is 8.78 Å². The summed E-state index contributed by atoms with van der Waals surface area (Å²) in [5, 5.41) is 8.75. The quantitative estimate of drug-likeness (QED) is 0.563. The molecule has 11 heavy (non-hydrogen) atoms. The average molecular weight is 161 g/mol. The molecule has 62 valence electrons. The smallest absolute Gasteiger partial charge is 0.163 e. The molecule has 0 aromatic rings. The van der Waals surface area contributed by atoms with Crippen LogP contribution in [0.4, 0.5) is 8.78 Å². The van der Waals surface area contributed by atoms with Gasteiger partial charge in [-0.15, -0.1) is 0 Å². The third kappa shape index (κ3) is 1.40. The van der Waals surface area contributed by atoms with Crippen molar-refractivity contribution >= 4 is 0 Å². The van der Waals surface area contributed by atoms with Crippen LogP contribution in [0.2, 0.25) is 0 Å². The van der Waals surface area contributed by atoms with Crippen LogP contribution in [-0.2, 0) is 0 Å². The SMILES string of the molecule is CC1(F)C=C(F)C(O)=CC1N. The van der Waals surface area contributed by atoms with Crippen LogP contribution < -0.4 is 5.73 Å². The summed E-state index contributed by atoms with van der Waals surface area (Å²) in [4.78, 5) is 0. The summed E-state index contributed by atoms with van der Waals surface area (Å²) < 4.78 is 25.6. The van der Waals surface area contributed by atoms with Crippen LogP contribution in [0.3, 0.4) is 0 Å². The van der Waals surface area contributed by atoms with E-state index in [4.69, 9.17) is 10.8 Å². The summed E-state index contributed by atoms with van der Waals surface area (Å²) in [7, 11) is 0. The molecular weight excluding hydrogens is 152 g/mol. The maximum Gasteiger partial charge on any atom is 0.163 e. The Kier molecular flexibility index (Phi) is 1.72. The number of aliphatic hydroxyl groups excluding tert-OH is 1. The van der Waals surface area contributed by atoms with E-state index in [9.17, 15) is 8.78 Å². The Morgan fingerprint density at radius 3 is 2.73 bits per heavy atom. The third-order valence-electron chi connectivity index (χ3n) is 1.64. The van der Waals surface area contributed by atoms with Crippen molar-refractivity contribution in [3.05, 3.63) is 23.7 Å². The number of nitrogens with two attached hydrogens (primary N) is 1. The molecule has 0 amide bonds. The van der Waals surface area contributed by atoms with Gasteiger partial charge in [0.1, 0.15) is 11.4 Å². The number of alkyl halides is 1. The molecule has 0 spiro atoms. The average Bonchev–Trinajstić information content (AvgIpc) is 1.83. The van der Waals surface area contributed by atoms with Crippen molar-refractivity contribution in [1.82, 2.24) is 0 Å². The fourth-order valence-electron chi connectivity index (χ4n) is 0.831. The monoisotopic (exact) mass is 161 g/mol. The van der Waals surface area contributed by atoms with Crippen LogP contribution in [0.1, 0.15) is 6.92 Å². The van der Waals surface area contributed by atoms with Gasteiger partial charge in [0, 0.05) is 0 Å². The molecular formula is C7H9F2NO. The number of aliphatic hydroxyl groups is 1. The second kappa shape index (κ2) is 2.30. The third-order valence-corrected chi connectivity index (χ3v) is 1.64. The zero-order valence-corrected chi connectivity index (χ0v) is 6.01. The molecule has 0 saturated carbocycles. The molecule has 1 aliphatic rings. The minimum Gasteiger partial charge on any atom is -0.505 e. The molecule has 4 heteroatoms. The molecule has 0 aliphatic heterocycles. The van der Waals surface area contributed by atoms with Crippen molar-refractivity contribution in [3.63, 3.8) is 0 Å². The Bertz CT molecular complexity index is 233. The summed E-state index contributed by atoms with van der Waals surface area (Å²) in [6, 6.07) is -0.984. The van der Waals surface area contributed by atoms with Crippen LogP contribution in [0.5, 0.6) is 0 Å². The number of rotatable bonds is 0. The van der Waals surface area contributed by atoms with Gasteiger partial charge in [-0.2, -0.15) is 0 Å². The van der Waals surface area contributed by atoms with Crippen LogP contribution in [0, 0.1) is 0 Å². The van der Waals surface area contributed by atoms with Crippen molar-refractivity contribution in [2.24, 2.45) is 5.73 Å². The van der Waals surface area contributed by atoms with E-state index in [2.05, 4.69) is 0 Å². The van der Waals surface area contributed by atoms with Gasteiger partial charge in [0.15, 0.2) is 5.83 Å². The van der Waals surface area contributed by atoms with Gasteiger partial charge in [0.2, 0.25) is 0 Å². The molecule has 2 atom stereocenters. The molecule has 0 radical (unpaired) electrons. The topological polar surface area (TPSA) is 46.2 Å². The maximum atomic E-state index is 13.1. The lowest BCUT2D eigenvalue weighted by Gasteiger charge is -2.24. The Morgan fingerprint density at radius 2 is 2.27 bits per heavy atom. The standard InChI is InChI=1S/C7H9F2NO/c1-7(9)3-4(8)5(11)2-6(7)10/h2-3,6,11H,10H2,1H3. The van der Waals surface area contributed by atoms with Crippen LogP contribution in [0.15, 0.2) is 23.7 Å². The zero-order chi connectivity index (χ0) is 8.65. The van der Waals surface area contributed by atoms with Crippen LogP contribution >= 0.6 is 0 Å². The fraction of sp³-hybridized carbons (Fsp3) is 0.429. The Labute approximate surface area is 63.0 Å². The van der Waals surface area contributed by atoms with Gasteiger partial charge >= 0.3 is 0 Å². The first-order valence-corrected chi connectivity index (χ1v) is 3.17. The Hall–Kier alpha value is -0.900. The van der Waals surface area contributed by atoms with E-state index in [-0.39, 0.29) is 0 Å². The van der Waals surface area contributed by atoms with Gasteiger partial charge in [-0.1, -0.05) is 0 Å². The summed E-state index contributed by atoms with van der Waals surface area (Å²) in [6.07, 6.45) is 1.63. The molecule has 2 unspecified atom stereocenters. The van der Waals surface area contributed by atoms with Gasteiger partial charge in [-0.05, 0) is 19.1 Å². The minimum absolute atomic E-state index is 0.590. The Balaban J connectivity index is 2.98. The van der Waals surface area contributed by atoms with Gasteiger partial charge in [0.05, 0.1) is 6.04 Å². The maximum absolute atomic E-state index is 13.1. The molecule has 1 aliphatic carbocycles. The van der Waals surface area contributed by atoms with E-state index >= 15 is 0 Å². The van der Waals surface area contributed by atoms with Crippen molar-refractivity contribution < 1.29 is 13.9 Å². The van der Waals surface area contributed by atoms with E-state index < -0.39 is 23.3 Å². The highest BCUT2D eigenvalue weighted by molar-refractivity contribution is 5.31. The molecule has 0 fully saturated rings. The first-order valence-electron chi connectivity index (χ1n) is 3.17.